The maximum Gasteiger partial charge on any atom is 0.414 e. The zero-order valence-electron chi connectivity index (χ0n) is 28.1. The minimum atomic E-state index is -1.18. The van der Waals surface area contributed by atoms with Crippen LogP contribution in [0.3, 0.4) is 0 Å². The number of ether oxygens (including phenoxy) is 2. The second-order valence-corrected chi connectivity index (χ2v) is 13.6. The second kappa shape index (κ2) is 13.4. The molecule has 2 fully saturated rings. The van der Waals surface area contributed by atoms with Crippen molar-refractivity contribution in [2.24, 2.45) is 5.92 Å². The van der Waals surface area contributed by atoms with Crippen molar-refractivity contribution in [2.75, 3.05) is 19.6 Å². The number of benzene rings is 2. The molecule has 2 aromatic rings. The quantitative estimate of drug-likeness (QED) is 0.328. The summed E-state index contributed by atoms with van der Waals surface area (Å²) in [4.78, 5) is 54.2. The Bertz CT molecular complexity index is 1660. The number of hydrogen-bond donors (Lipinski definition) is 3. The first-order valence-electron chi connectivity index (χ1n) is 16.2. The van der Waals surface area contributed by atoms with Gasteiger partial charge in [-0.3, -0.25) is 19.4 Å². The maximum atomic E-state index is 15.4. The average Bonchev–Trinajstić information content (AvgIpc) is 3.27. The summed E-state index contributed by atoms with van der Waals surface area (Å²) in [5.74, 6) is -1.80. The van der Waals surface area contributed by atoms with E-state index < -0.39 is 41.0 Å². The first-order chi connectivity index (χ1) is 22.6. The number of likely N-dealkylation sites (N-methyl/N-ethyl adjacent to an activating group) is 1. The van der Waals surface area contributed by atoms with Gasteiger partial charge in [-0.1, -0.05) is 18.2 Å². The fourth-order valence-corrected chi connectivity index (χ4v) is 6.93. The number of rotatable bonds is 8. The summed E-state index contributed by atoms with van der Waals surface area (Å²) >= 11 is 0. The Labute approximate surface area is 279 Å². The number of para-hydroxylation sites is 1. The number of halogens is 1. The van der Waals surface area contributed by atoms with Crippen molar-refractivity contribution >= 4 is 23.9 Å². The molecule has 2 aliphatic heterocycles. The molecular weight excluding hydrogens is 619 g/mol. The van der Waals surface area contributed by atoms with Crippen LogP contribution in [-0.2, 0) is 14.3 Å². The molecule has 48 heavy (non-hydrogen) atoms. The number of amides is 3. The van der Waals surface area contributed by atoms with E-state index in [4.69, 9.17) is 9.47 Å². The van der Waals surface area contributed by atoms with Crippen molar-refractivity contribution in [1.29, 1.82) is 0 Å². The molecule has 4 atom stereocenters. The van der Waals surface area contributed by atoms with Crippen molar-refractivity contribution in [3.05, 3.63) is 83.0 Å². The highest BCUT2D eigenvalue weighted by Crippen LogP contribution is 2.47. The Morgan fingerprint density at radius 2 is 1.83 bits per heavy atom. The van der Waals surface area contributed by atoms with Gasteiger partial charge in [-0.05, 0) is 84.0 Å². The molecule has 5 rings (SSSR count). The summed E-state index contributed by atoms with van der Waals surface area (Å²) in [5.41, 5.74) is -0.204. The van der Waals surface area contributed by atoms with Crippen LogP contribution in [0.25, 0.3) is 0 Å². The molecule has 0 spiro atoms. The lowest BCUT2D eigenvalue weighted by Crippen LogP contribution is -2.62. The average molecular weight is 663 g/mol. The third-order valence-electron chi connectivity index (χ3n) is 9.23. The molecule has 11 nitrogen and oxygen atoms in total. The van der Waals surface area contributed by atoms with Crippen LogP contribution in [-0.4, -0.2) is 75.6 Å². The Kier molecular flexibility index (Phi) is 9.68. The Morgan fingerprint density at radius 3 is 2.46 bits per heavy atom. The third kappa shape index (κ3) is 6.94. The first-order valence-corrected chi connectivity index (χ1v) is 16.2. The normalized spacial score (nSPS) is 24.3. The molecule has 0 bridgehead atoms. The number of carboxylic acids is 1. The summed E-state index contributed by atoms with van der Waals surface area (Å²) in [5, 5.41) is 15.3. The summed E-state index contributed by atoms with van der Waals surface area (Å²) in [7, 11) is 0. The fourth-order valence-electron chi connectivity index (χ4n) is 6.93. The molecular formula is C36H43FN4O7. The highest BCUT2D eigenvalue weighted by molar-refractivity contribution is 5.92. The van der Waals surface area contributed by atoms with Crippen LogP contribution in [0, 0.1) is 5.92 Å². The topological polar surface area (TPSA) is 138 Å². The van der Waals surface area contributed by atoms with Gasteiger partial charge < -0.3 is 25.2 Å². The SMILES string of the molecule is CCN(C(=O)OC(C)(C)C)C1=C2NC(=O)C(C)(N3CC[C@H](c4ccccc4Oc4ccc(C(=O)O)cc4)[C@@H](NC(C)=O)C3)C2CC(F)=C1. The number of nitrogens with one attached hydrogen (secondary N) is 2. The number of carbonyl (C=O) groups is 4. The third-order valence-corrected chi connectivity index (χ3v) is 9.23. The molecule has 3 N–H and O–H groups in total. The fraction of sp³-hybridized carbons (Fsp3) is 0.444. The van der Waals surface area contributed by atoms with Gasteiger partial charge in [0.05, 0.1) is 11.3 Å². The first kappa shape index (κ1) is 34.6. The van der Waals surface area contributed by atoms with Gasteiger partial charge >= 0.3 is 12.1 Å². The number of aromatic carboxylic acids is 1. The van der Waals surface area contributed by atoms with Crippen molar-refractivity contribution in [3.63, 3.8) is 0 Å². The van der Waals surface area contributed by atoms with Gasteiger partial charge in [0.15, 0.2) is 0 Å². The Balaban J connectivity index is 1.44. The highest BCUT2D eigenvalue weighted by atomic mass is 19.1. The van der Waals surface area contributed by atoms with Crippen LogP contribution in [0.15, 0.2) is 71.8 Å². The van der Waals surface area contributed by atoms with E-state index in [1.54, 1.807) is 46.8 Å². The van der Waals surface area contributed by atoms with Crippen molar-refractivity contribution < 1.29 is 38.1 Å². The monoisotopic (exact) mass is 662 g/mol. The number of carboxylic acid groups (broad SMARTS) is 1. The van der Waals surface area contributed by atoms with Crippen molar-refractivity contribution in [2.45, 2.75) is 77.5 Å². The second-order valence-electron chi connectivity index (χ2n) is 13.6. The lowest BCUT2D eigenvalue weighted by atomic mass is 9.76. The number of hydrogen-bond acceptors (Lipinski definition) is 7. The predicted octanol–water partition coefficient (Wildman–Crippen LogP) is 5.70. The number of fused-ring (bicyclic) bond motifs is 1. The number of allylic oxidation sites excluding steroid dienone is 2. The summed E-state index contributed by atoms with van der Waals surface area (Å²) in [6, 6.07) is 13.2. The molecule has 256 valence electrons. The number of carbonyl (C=O) groups excluding carboxylic acids is 3. The molecule has 0 radical (unpaired) electrons. The summed E-state index contributed by atoms with van der Waals surface area (Å²) < 4.78 is 27.2. The largest absolute Gasteiger partial charge is 0.478 e. The Hall–Kier alpha value is -4.71. The van der Waals surface area contributed by atoms with Gasteiger partial charge in [0, 0.05) is 55.6 Å². The van der Waals surface area contributed by atoms with E-state index >= 15 is 4.39 Å². The summed E-state index contributed by atoms with van der Waals surface area (Å²) in [6.07, 6.45) is 1.18. The molecule has 2 aromatic carbocycles. The molecule has 2 unspecified atom stereocenters. The van der Waals surface area contributed by atoms with E-state index in [1.807, 2.05) is 29.2 Å². The van der Waals surface area contributed by atoms with Crippen LogP contribution in [0.4, 0.5) is 9.18 Å². The summed E-state index contributed by atoms with van der Waals surface area (Å²) in [6.45, 7) is 11.2. The van der Waals surface area contributed by atoms with E-state index in [2.05, 4.69) is 10.6 Å². The zero-order valence-corrected chi connectivity index (χ0v) is 28.1. The van der Waals surface area contributed by atoms with Crippen LogP contribution >= 0.6 is 0 Å². The minimum Gasteiger partial charge on any atom is -0.478 e. The van der Waals surface area contributed by atoms with E-state index in [9.17, 15) is 24.3 Å². The van der Waals surface area contributed by atoms with E-state index in [0.29, 0.717) is 36.7 Å². The molecule has 0 aromatic heterocycles. The van der Waals surface area contributed by atoms with Crippen LogP contribution < -0.4 is 15.4 Å². The molecule has 12 heteroatoms. The highest BCUT2D eigenvalue weighted by Gasteiger charge is 2.57. The van der Waals surface area contributed by atoms with Gasteiger partial charge in [0.1, 0.15) is 28.5 Å². The van der Waals surface area contributed by atoms with Gasteiger partial charge in [-0.2, -0.15) is 0 Å². The standard InChI is InChI=1S/C36H43FN4O7/c1-7-41(34(46)48-35(3,4)5)29-19-23(37)18-27-31(29)39-33(45)36(27,6)40-17-16-25(28(20-40)38-21(2)42)26-10-8-9-11-30(26)47-24-14-12-22(13-15-24)32(43)44/h8-15,19,25,27-28H,7,16-18,20H2,1-6H3,(H,38,42)(H,39,45)(H,43,44)/t25-,27?,28+,36?/m1/s1. The number of likely N-dealkylation sites (tertiary alicyclic amines) is 1. The van der Waals surface area contributed by atoms with Gasteiger partial charge in [-0.15, -0.1) is 0 Å². The number of piperidine rings is 1. The van der Waals surface area contributed by atoms with E-state index in [1.165, 1.54) is 30.0 Å². The van der Waals surface area contributed by atoms with E-state index in [0.717, 1.165) is 5.56 Å². The molecule has 1 aliphatic carbocycles. The maximum absolute atomic E-state index is 15.4. The van der Waals surface area contributed by atoms with Gasteiger partial charge in [-0.25, -0.2) is 14.0 Å². The van der Waals surface area contributed by atoms with Gasteiger partial charge in [0.2, 0.25) is 11.8 Å². The van der Waals surface area contributed by atoms with Crippen LogP contribution in [0.1, 0.15) is 76.2 Å². The lowest BCUT2D eigenvalue weighted by Gasteiger charge is -2.47. The molecule has 3 amide bonds. The Morgan fingerprint density at radius 1 is 1.15 bits per heavy atom. The molecule has 0 saturated carbocycles. The number of nitrogens with zero attached hydrogens (tertiary/aromatic N) is 2. The predicted molar refractivity (Wildman–Crippen MR) is 176 cm³/mol. The minimum absolute atomic E-state index is 0.0258. The van der Waals surface area contributed by atoms with E-state index in [-0.39, 0.29) is 42.0 Å². The molecule has 3 aliphatic rings. The zero-order chi connectivity index (χ0) is 35.0. The molecule has 2 saturated heterocycles. The van der Waals surface area contributed by atoms with Gasteiger partial charge in [0.25, 0.3) is 0 Å². The smallest absolute Gasteiger partial charge is 0.414 e. The van der Waals surface area contributed by atoms with Crippen LogP contribution in [0.2, 0.25) is 0 Å². The van der Waals surface area contributed by atoms with Crippen molar-refractivity contribution in [3.8, 4) is 11.5 Å². The van der Waals surface area contributed by atoms with Crippen LogP contribution in [0.5, 0.6) is 11.5 Å². The molecule has 2 heterocycles. The van der Waals surface area contributed by atoms with Crippen molar-refractivity contribution in [1.82, 2.24) is 20.4 Å². The lowest BCUT2D eigenvalue weighted by molar-refractivity contribution is -0.132.